The van der Waals surface area contributed by atoms with Crippen molar-refractivity contribution in [3.05, 3.63) is 33.8 Å². The maximum atomic E-state index is 11.1. The van der Waals surface area contributed by atoms with Gasteiger partial charge >= 0.3 is 0 Å². The van der Waals surface area contributed by atoms with Gasteiger partial charge in [0.05, 0.1) is 0 Å². The lowest BCUT2D eigenvalue weighted by Crippen LogP contribution is -2.28. The standard InChI is InChI=1S/C11H16Cl2N2O2S/c1-18(16,17)4-2-3-11(15-14)8-5-9(12)7-10(13)6-8/h5-7,11,15H,2-4,14H2,1H3. The molecule has 102 valence electrons. The van der Waals surface area contributed by atoms with Crippen molar-refractivity contribution in [2.75, 3.05) is 12.0 Å². The smallest absolute Gasteiger partial charge is 0.147 e. The van der Waals surface area contributed by atoms with Crippen LogP contribution in [0, 0.1) is 0 Å². The molecule has 1 aromatic rings. The summed E-state index contributed by atoms with van der Waals surface area (Å²) >= 11 is 11.8. The van der Waals surface area contributed by atoms with Gasteiger partial charge in [-0.2, -0.15) is 0 Å². The van der Waals surface area contributed by atoms with E-state index >= 15 is 0 Å². The summed E-state index contributed by atoms with van der Waals surface area (Å²) in [6, 6.07) is 5.00. The molecule has 4 nitrogen and oxygen atoms in total. The fourth-order valence-corrected chi connectivity index (χ4v) is 2.91. The highest BCUT2D eigenvalue weighted by Crippen LogP contribution is 2.25. The minimum Gasteiger partial charge on any atom is -0.271 e. The first-order valence-corrected chi connectivity index (χ1v) is 8.23. The molecule has 0 aliphatic heterocycles. The number of sulfone groups is 1. The van der Waals surface area contributed by atoms with E-state index in [4.69, 9.17) is 29.0 Å². The van der Waals surface area contributed by atoms with E-state index in [0.717, 1.165) is 5.56 Å². The van der Waals surface area contributed by atoms with Crippen LogP contribution in [0.25, 0.3) is 0 Å². The predicted molar refractivity (Wildman–Crippen MR) is 75.5 cm³/mol. The van der Waals surface area contributed by atoms with E-state index in [1.165, 1.54) is 6.26 Å². The van der Waals surface area contributed by atoms with Crippen LogP contribution >= 0.6 is 23.2 Å². The number of benzene rings is 1. The van der Waals surface area contributed by atoms with Crippen molar-refractivity contribution in [2.45, 2.75) is 18.9 Å². The van der Waals surface area contributed by atoms with Crippen molar-refractivity contribution in [1.82, 2.24) is 5.43 Å². The summed E-state index contributed by atoms with van der Waals surface area (Å²) in [7, 11) is -2.95. The van der Waals surface area contributed by atoms with Crippen LogP contribution in [0.2, 0.25) is 10.0 Å². The number of rotatable bonds is 6. The number of hydrogen-bond donors (Lipinski definition) is 2. The number of hydrazine groups is 1. The van der Waals surface area contributed by atoms with Crippen LogP contribution in [0.15, 0.2) is 18.2 Å². The van der Waals surface area contributed by atoms with E-state index in [9.17, 15) is 8.42 Å². The first-order valence-electron chi connectivity index (χ1n) is 5.41. The molecule has 1 unspecified atom stereocenters. The summed E-state index contributed by atoms with van der Waals surface area (Å²) in [6.45, 7) is 0. The average molecular weight is 311 g/mol. The lowest BCUT2D eigenvalue weighted by molar-refractivity contribution is 0.507. The summed E-state index contributed by atoms with van der Waals surface area (Å²) in [6.07, 6.45) is 2.34. The van der Waals surface area contributed by atoms with Crippen molar-refractivity contribution >= 4 is 33.0 Å². The first-order chi connectivity index (χ1) is 8.31. The third kappa shape index (κ3) is 5.54. The predicted octanol–water partition coefficient (Wildman–Crippen LogP) is 2.32. The van der Waals surface area contributed by atoms with Gasteiger partial charge in [-0.15, -0.1) is 0 Å². The minimum absolute atomic E-state index is 0.138. The Morgan fingerprint density at radius 2 is 1.83 bits per heavy atom. The van der Waals surface area contributed by atoms with Crippen LogP contribution in [0.5, 0.6) is 0 Å². The molecule has 1 atom stereocenters. The Hall–Kier alpha value is -0.330. The fourth-order valence-electron chi connectivity index (χ4n) is 1.67. The van der Waals surface area contributed by atoms with E-state index in [1.54, 1.807) is 18.2 Å². The maximum absolute atomic E-state index is 11.1. The summed E-state index contributed by atoms with van der Waals surface area (Å²) in [5, 5.41) is 1.06. The Balaban J connectivity index is 2.71. The monoisotopic (exact) mass is 310 g/mol. The van der Waals surface area contributed by atoms with Gasteiger partial charge in [0.2, 0.25) is 0 Å². The molecule has 0 amide bonds. The summed E-state index contributed by atoms with van der Waals surface area (Å²) < 4.78 is 22.1. The Labute approximate surface area is 117 Å². The van der Waals surface area contributed by atoms with E-state index in [-0.39, 0.29) is 11.8 Å². The van der Waals surface area contributed by atoms with Crippen LogP contribution in [-0.2, 0) is 9.84 Å². The van der Waals surface area contributed by atoms with Gasteiger partial charge in [-0.05, 0) is 36.6 Å². The Bertz CT molecular complexity index is 486. The molecule has 0 bridgehead atoms. The molecule has 7 heteroatoms. The SMILES string of the molecule is CS(=O)(=O)CCCC(NN)c1cc(Cl)cc(Cl)c1. The van der Waals surface area contributed by atoms with Gasteiger partial charge in [0.1, 0.15) is 9.84 Å². The molecular formula is C11H16Cl2N2O2S. The molecule has 0 fully saturated rings. The number of halogens is 2. The molecule has 0 aliphatic carbocycles. The minimum atomic E-state index is -2.95. The van der Waals surface area contributed by atoms with E-state index < -0.39 is 9.84 Å². The zero-order valence-electron chi connectivity index (χ0n) is 9.99. The third-order valence-corrected chi connectivity index (χ3v) is 3.96. The molecule has 18 heavy (non-hydrogen) atoms. The zero-order valence-corrected chi connectivity index (χ0v) is 12.3. The molecule has 0 aromatic heterocycles. The van der Waals surface area contributed by atoms with E-state index in [0.29, 0.717) is 22.9 Å². The Kier molecular flexibility index (Phi) is 5.88. The second-order valence-corrected chi connectivity index (χ2v) is 7.33. The second-order valence-electron chi connectivity index (χ2n) is 4.19. The molecule has 0 spiro atoms. The van der Waals surface area contributed by atoms with Crippen LogP contribution in [0.1, 0.15) is 24.4 Å². The van der Waals surface area contributed by atoms with Crippen molar-refractivity contribution in [1.29, 1.82) is 0 Å². The van der Waals surface area contributed by atoms with Gasteiger partial charge in [-0.25, -0.2) is 8.42 Å². The van der Waals surface area contributed by atoms with Crippen LogP contribution < -0.4 is 11.3 Å². The lowest BCUT2D eigenvalue weighted by Gasteiger charge is -2.16. The molecular weight excluding hydrogens is 295 g/mol. The highest BCUT2D eigenvalue weighted by molar-refractivity contribution is 7.90. The fraction of sp³-hybridized carbons (Fsp3) is 0.455. The van der Waals surface area contributed by atoms with Crippen molar-refractivity contribution in [2.24, 2.45) is 5.84 Å². The first kappa shape index (κ1) is 15.7. The second kappa shape index (κ2) is 6.73. The van der Waals surface area contributed by atoms with Crippen molar-refractivity contribution in [3.8, 4) is 0 Å². The molecule has 0 saturated heterocycles. The van der Waals surface area contributed by atoms with Gasteiger partial charge in [0.25, 0.3) is 0 Å². The summed E-state index contributed by atoms with van der Waals surface area (Å²) in [5.74, 6) is 5.61. The topological polar surface area (TPSA) is 72.2 Å². The average Bonchev–Trinajstić information content (AvgIpc) is 2.21. The van der Waals surface area contributed by atoms with Crippen molar-refractivity contribution in [3.63, 3.8) is 0 Å². The molecule has 0 radical (unpaired) electrons. The summed E-state index contributed by atoms with van der Waals surface area (Å²) in [4.78, 5) is 0. The Morgan fingerprint density at radius 3 is 2.28 bits per heavy atom. The zero-order chi connectivity index (χ0) is 13.8. The molecule has 1 aromatic carbocycles. The van der Waals surface area contributed by atoms with Gasteiger partial charge in [-0.1, -0.05) is 23.2 Å². The van der Waals surface area contributed by atoms with Crippen LogP contribution in [0.4, 0.5) is 0 Å². The molecule has 1 rings (SSSR count). The van der Waals surface area contributed by atoms with Crippen LogP contribution in [-0.4, -0.2) is 20.4 Å². The van der Waals surface area contributed by atoms with E-state index in [1.807, 2.05) is 0 Å². The molecule has 0 aliphatic rings. The Morgan fingerprint density at radius 1 is 1.28 bits per heavy atom. The molecule has 0 heterocycles. The molecule has 0 saturated carbocycles. The quantitative estimate of drug-likeness (QED) is 0.625. The number of hydrogen-bond acceptors (Lipinski definition) is 4. The van der Waals surface area contributed by atoms with Gasteiger partial charge < -0.3 is 0 Å². The highest BCUT2D eigenvalue weighted by atomic mass is 35.5. The largest absolute Gasteiger partial charge is 0.271 e. The number of nitrogens with two attached hydrogens (primary N) is 1. The van der Waals surface area contributed by atoms with Crippen molar-refractivity contribution < 1.29 is 8.42 Å². The van der Waals surface area contributed by atoms with Crippen LogP contribution in [0.3, 0.4) is 0 Å². The van der Waals surface area contributed by atoms with E-state index in [2.05, 4.69) is 5.43 Å². The van der Waals surface area contributed by atoms with Gasteiger partial charge in [-0.3, -0.25) is 11.3 Å². The van der Waals surface area contributed by atoms with Gasteiger partial charge in [0.15, 0.2) is 0 Å². The normalized spacial score (nSPS) is 13.6. The lowest BCUT2D eigenvalue weighted by atomic mass is 10.0. The number of nitrogens with one attached hydrogen (secondary N) is 1. The van der Waals surface area contributed by atoms with Gasteiger partial charge in [0, 0.05) is 28.1 Å². The third-order valence-electron chi connectivity index (χ3n) is 2.50. The summed E-state index contributed by atoms with van der Waals surface area (Å²) in [5.41, 5.74) is 3.50. The maximum Gasteiger partial charge on any atom is 0.147 e. The highest BCUT2D eigenvalue weighted by Gasteiger charge is 2.12. The molecule has 3 N–H and O–H groups in total.